The predicted octanol–water partition coefficient (Wildman–Crippen LogP) is 0.985. The van der Waals surface area contributed by atoms with Crippen LogP contribution in [0.2, 0.25) is 0 Å². The van der Waals surface area contributed by atoms with E-state index in [9.17, 15) is 8.42 Å². The third-order valence-electron chi connectivity index (χ3n) is 3.71. The van der Waals surface area contributed by atoms with Crippen LogP contribution in [0.3, 0.4) is 0 Å². The van der Waals surface area contributed by atoms with Crippen molar-refractivity contribution >= 4 is 16.0 Å². The first-order valence-electron chi connectivity index (χ1n) is 6.62. The van der Waals surface area contributed by atoms with Gasteiger partial charge in [0.15, 0.2) is 0 Å². The van der Waals surface area contributed by atoms with Crippen molar-refractivity contribution in [3.8, 4) is 0 Å². The minimum atomic E-state index is -3.50. The van der Waals surface area contributed by atoms with E-state index >= 15 is 0 Å². The van der Waals surface area contributed by atoms with Crippen LogP contribution < -0.4 is 10.0 Å². The van der Waals surface area contributed by atoms with Crippen LogP contribution in [-0.2, 0) is 10.0 Å². The van der Waals surface area contributed by atoms with Gasteiger partial charge in [0.05, 0.1) is 12.4 Å². The van der Waals surface area contributed by atoms with E-state index in [1.165, 1.54) is 12.4 Å². The first-order valence-corrected chi connectivity index (χ1v) is 8.10. The monoisotopic (exact) mass is 282 g/mol. The molecule has 0 spiro atoms. The zero-order valence-corrected chi connectivity index (χ0v) is 11.7. The molecule has 1 aromatic rings. The van der Waals surface area contributed by atoms with Crippen LogP contribution in [-0.4, -0.2) is 31.5 Å². The SMILES string of the molecule is CNc1ncc(S(=O)(=O)NC(C2CC2)C2CC2)cn1. The quantitative estimate of drug-likeness (QED) is 0.812. The Hall–Kier alpha value is -1.21. The zero-order chi connectivity index (χ0) is 13.5. The Morgan fingerprint density at radius 3 is 2.11 bits per heavy atom. The molecule has 0 radical (unpaired) electrons. The summed E-state index contributed by atoms with van der Waals surface area (Å²) in [7, 11) is -1.80. The molecule has 1 heterocycles. The van der Waals surface area contributed by atoms with E-state index in [0.717, 1.165) is 25.7 Å². The molecule has 0 atom stereocenters. The summed E-state index contributed by atoms with van der Waals surface area (Å²) < 4.78 is 27.4. The molecule has 1 aromatic heterocycles. The summed E-state index contributed by atoms with van der Waals surface area (Å²) >= 11 is 0. The number of hydrogen-bond donors (Lipinski definition) is 2. The standard InChI is InChI=1S/C12H18N4O2S/c1-13-12-14-6-10(7-15-12)19(17,18)16-11(8-2-3-8)9-4-5-9/h6-9,11,16H,2-5H2,1H3,(H,13,14,15). The molecule has 0 bridgehead atoms. The van der Waals surface area contributed by atoms with E-state index in [4.69, 9.17) is 0 Å². The Labute approximate surface area is 113 Å². The third kappa shape index (κ3) is 2.87. The summed E-state index contributed by atoms with van der Waals surface area (Å²) in [5.41, 5.74) is 0. The lowest BCUT2D eigenvalue weighted by Gasteiger charge is -2.17. The lowest BCUT2D eigenvalue weighted by atomic mass is 10.1. The van der Waals surface area contributed by atoms with E-state index in [0.29, 0.717) is 17.8 Å². The maximum absolute atomic E-state index is 12.3. The van der Waals surface area contributed by atoms with Gasteiger partial charge in [0.25, 0.3) is 0 Å². The van der Waals surface area contributed by atoms with Crippen molar-refractivity contribution in [3.05, 3.63) is 12.4 Å². The summed E-state index contributed by atoms with van der Waals surface area (Å²) in [4.78, 5) is 8.04. The average molecular weight is 282 g/mol. The van der Waals surface area contributed by atoms with Gasteiger partial charge in [-0.25, -0.2) is 23.1 Å². The Bertz CT molecular complexity index is 538. The largest absolute Gasteiger partial charge is 0.357 e. The van der Waals surface area contributed by atoms with Crippen molar-refractivity contribution in [1.82, 2.24) is 14.7 Å². The summed E-state index contributed by atoms with van der Waals surface area (Å²) in [6, 6.07) is 0.106. The van der Waals surface area contributed by atoms with Crippen LogP contribution in [0, 0.1) is 11.8 Å². The fourth-order valence-electron chi connectivity index (χ4n) is 2.32. The van der Waals surface area contributed by atoms with Gasteiger partial charge in [0, 0.05) is 13.1 Å². The van der Waals surface area contributed by atoms with Gasteiger partial charge < -0.3 is 5.32 Å². The number of nitrogens with one attached hydrogen (secondary N) is 2. The molecule has 7 heteroatoms. The number of aromatic nitrogens is 2. The van der Waals surface area contributed by atoms with Crippen molar-refractivity contribution in [2.45, 2.75) is 36.6 Å². The van der Waals surface area contributed by atoms with Crippen LogP contribution in [0.1, 0.15) is 25.7 Å². The second-order valence-electron chi connectivity index (χ2n) is 5.31. The molecule has 0 aromatic carbocycles. The van der Waals surface area contributed by atoms with Gasteiger partial charge >= 0.3 is 0 Å². The van der Waals surface area contributed by atoms with E-state index in [2.05, 4.69) is 20.0 Å². The normalized spacial score (nSPS) is 19.7. The van der Waals surface area contributed by atoms with Crippen molar-refractivity contribution in [2.24, 2.45) is 11.8 Å². The van der Waals surface area contributed by atoms with Crippen LogP contribution >= 0.6 is 0 Å². The molecule has 3 rings (SSSR count). The summed E-state index contributed by atoms with van der Waals surface area (Å²) in [6.07, 6.45) is 7.24. The predicted molar refractivity (Wildman–Crippen MR) is 71.1 cm³/mol. The second kappa shape index (κ2) is 4.72. The molecule has 2 N–H and O–H groups in total. The number of sulfonamides is 1. The molecule has 2 aliphatic carbocycles. The highest BCUT2D eigenvalue weighted by molar-refractivity contribution is 7.89. The van der Waals surface area contributed by atoms with Crippen molar-refractivity contribution < 1.29 is 8.42 Å². The molecule has 0 saturated heterocycles. The minimum absolute atomic E-state index is 0.106. The maximum Gasteiger partial charge on any atom is 0.243 e. The van der Waals surface area contributed by atoms with Gasteiger partial charge in [-0.3, -0.25) is 0 Å². The Morgan fingerprint density at radius 2 is 1.68 bits per heavy atom. The Kier molecular flexibility index (Phi) is 3.18. The molecule has 2 aliphatic rings. The van der Waals surface area contributed by atoms with Crippen molar-refractivity contribution in [2.75, 3.05) is 12.4 Å². The first-order chi connectivity index (χ1) is 9.10. The molecule has 0 aliphatic heterocycles. The van der Waals surface area contributed by atoms with E-state index < -0.39 is 10.0 Å². The molecule has 2 fully saturated rings. The topological polar surface area (TPSA) is 84.0 Å². The summed E-state index contributed by atoms with van der Waals surface area (Å²) in [6.45, 7) is 0. The Morgan fingerprint density at radius 1 is 1.16 bits per heavy atom. The highest BCUT2D eigenvalue weighted by Crippen LogP contribution is 2.45. The fraction of sp³-hybridized carbons (Fsp3) is 0.667. The second-order valence-corrected chi connectivity index (χ2v) is 7.03. The third-order valence-corrected chi connectivity index (χ3v) is 5.13. The van der Waals surface area contributed by atoms with Crippen LogP contribution in [0.15, 0.2) is 17.3 Å². The van der Waals surface area contributed by atoms with Gasteiger partial charge in [-0.2, -0.15) is 0 Å². The van der Waals surface area contributed by atoms with Crippen molar-refractivity contribution in [1.29, 1.82) is 0 Å². The first kappa shape index (κ1) is 12.8. The Balaban J connectivity index is 1.76. The van der Waals surface area contributed by atoms with Gasteiger partial charge in [-0.15, -0.1) is 0 Å². The van der Waals surface area contributed by atoms with E-state index in [1.807, 2.05) is 0 Å². The van der Waals surface area contributed by atoms with Crippen LogP contribution in [0.4, 0.5) is 5.95 Å². The van der Waals surface area contributed by atoms with Gasteiger partial charge in [-0.05, 0) is 37.5 Å². The maximum atomic E-state index is 12.3. The highest BCUT2D eigenvalue weighted by atomic mass is 32.2. The highest BCUT2D eigenvalue weighted by Gasteiger charge is 2.43. The van der Waals surface area contributed by atoms with Gasteiger partial charge in [-0.1, -0.05) is 0 Å². The lowest BCUT2D eigenvalue weighted by molar-refractivity contribution is 0.471. The minimum Gasteiger partial charge on any atom is -0.357 e. The summed E-state index contributed by atoms with van der Waals surface area (Å²) in [5.74, 6) is 1.47. The molecule has 0 unspecified atom stereocenters. The lowest BCUT2D eigenvalue weighted by Crippen LogP contribution is -2.38. The van der Waals surface area contributed by atoms with Crippen LogP contribution in [0.5, 0.6) is 0 Å². The smallest absolute Gasteiger partial charge is 0.243 e. The average Bonchev–Trinajstić information content (AvgIpc) is 3.29. The molecular formula is C12H18N4O2S. The number of hydrogen-bond acceptors (Lipinski definition) is 5. The molecule has 104 valence electrons. The van der Waals surface area contributed by atoms with E-state index in [1.54, 1.807) is 7.05 Å². The van der Waals surface area contributed by atoms with Gasteiger partial charge in [0.1, 0.15) is 4.90 Å². The molecular weight excluding hydrogens is 264 g/mol. The number of rotatable bonds is 6. The number of anilines is 1. The number of nitrogens with zero attached hydrogens (tertiary/aromatic N) is 2. The van der Waals surface area contributed by atoms with Crippen LogP contribution in [0.25, 0.3) is 0 Å². The molecule has 0 amide bonds. The van der Waals surface area contributed by atoms with Crippen molar-refractivity contribution in [3.63, 3.8) is 0 Å². The zero-order valence-electron chi connectivity index (χ0n) is 10.8. The molecule has 2 saturated carbocycles. The fourth-order valence-corrected chi connectivity index (χ4v) is 3.58. The molecule has 6 nitrogen and oxygen atoms in total. The van der Waals surface area contributed by atoms with E-state index in [-0.39, 0.29) is 10.9 Å². The van der Waals surface area contributed by atoms with Gasteiger partial charge in [0.2, 0.25) is 16.0 Å². The summed E-state index contributed by atoms with van der Waals surface area (Å²) in [5, 5.41) is 2.77. The molecule has 19 heavy (non-hydrogen) atoms.